The number of primary amides is 1. The van der Waals surface area contributed by atoms with Gasteiger partial charge >= 0.3 is 7.12 Å². The first-order valence-electron chi connectivity index (χ1n) is 11.1. The predicted octanol–water partition coefficient (Wildman–Crippen LogP) is 2.03. The number of fused-ring (bicyclic) bond motifs is 1. The molecule has 1 aromatic carbocycles. The Labute approximate surface area is 190 Å². The van der Waals surface area contributed by atoms with Crippen LogP contribution in [-0.2, 0) is 19.3 Å². The lowest BCUT2D eigenvalue weighted by molar-refractivity contribution is 0.00578. The van der Waals surface area contributed by atoms with Crippen molar-refractivity contribution in [3.63, 3.8) is 0 Å². The molecule has 174 valence electrons. The lowest BCUT2D eigenvalue weighted by atomic mass is 9.77. The number of amides is 1. The van der Waals surface area contributed by atoms with E-state index in [1.54, 1.807) is 17.3 Å². The zero-order valence-corrected chi connectivity index (χ0v) is 20.2. The molecule has 0 unspecified atom stereocenters. The van der Waals surface area contributed by atoms with Crippen molar-refractivity contribution < 1.29 is 22.5 Å². The maximum atomic E-state index is 12.4. The van der Waals surface area contributed by atoms with E-state index in [2.05, 4.69) is 4.57 Å². The molecule has 2 aliphatic rings. The molecule has 1 aromatic heterocycles. The van der Waals surface area contributed by atoms with Gasteiger partial charge in [0.2, 0.25) is 10.0 Å². The van der Waals surface area contributed by atoms with E-state index >= 15 is 0 Å². The van der Waals surface area contributed by atoms with Gasteiger partial charge in [-0.05, 0) is 65.1 Å². The molecule has 4 rings (SSSR count). The molecule has 10 heteroatoms. The van der Waals surface area contributed by atoms with Crippen molar-refractivity contribution in [3.8, 4) is 0 Å². The lowest BCUT2D eigenvalue weighted by Crippen LogP contribution is -2.41. The fourth-order valence-corrected chi connectivity index (χ4v) is 5.65. The molecule has 0 radical (unpaired) electrons. The Morgan fingerprint density at radius 2 is 1.75 bits per heavy atom. The smallest absolute Gasteiger partial charge is 0.399 e. The number of nitrogens with two attached hydrogens (primary N) is 1. The number of rotatable bonds is 5. The van der Waals surface area contributed by atoms with Gasteiger partial charge in [-0.1, -0.05) is 6.07 Å². The Kier molecular flexibility index (Phi) is 5.72. The van der Waals surface area contributed by atoms with E-state index in [9.17, 15) is 13.2 Å². The van der Waals surface area contributed by atoms with Gasteiger partial charge in [0.15, 0.2) is 0 Å². The van der Waals surface area contributed by atoms with Crippen molar-refractivity contribution in [1.82, 2.24) is 8.87 Å². The monoisotopic (exact) mass is 461 g/mol. The summed E-state index contributed by atoms with van der Waals surface area (Å²) in [5, 5.41) is 0.884. The summed E-state index contributed by atoms with van der Waals surface area (Å²) in [5.74, 6) is -0.406. The van der Waals surface area contributed by atoms with Gasteiger partial charge in [-0.25, -0.2) is 12.7 Å². The molecular weight excluding hydrogens is 429 g/mol. The zero-order chi connectivity index (χ0) is 23.5. The molecule has 0 bridgehead atoms. The average molecular weight is 461 g/mol. The summed E-state index contributed by atoms with van der Waals surface area (Å²) in [6, 6.07) is 5.81. The molecule has 3 heterocycles. The largest absolute Gasteiger partial charge is 0.494 e. The predicted molar refractivity (Wildman–Crippen MR) is 125 cm³/mol. The molecule has 0 saturated carbocycles. The third kappa shape index (κ3) is 3.87. The van der Waals surface area contributed by atoms with Crippen molar-refractivity contribution in [2.24, 2.45) is 5.73 Å². The number of carbonyl (C=O) groups is 1. The van der Waals surface area contributed by atoms with E-state index in [1.807, 2.05) is 46.0 Å². The normalized spacial score (nSPS) is 22.0. The van der Waals surface area contributed by atoms with E-state index in [4.69, 9.17) is 15.0 Å². The number of carbonyl (C=O) groups excluding carboxylic acids is 1. The fourth-order valence-electron chi connectivity index (χ4n) is 4.52. The molecule has 2 fully saturated rings. The van der Waals surface area contributed by atoms with Crippen LogP contribution in [0.4, 0.5) is 0 Å². The number of hydrogen-bond acceptors (Lipinski definition) is 5. The van der Waals surface area contributed by atoms with Gasteiger partial charge in [-0.15, -0.1) is 0 Å². The minimum atomic E-state index is -3.19. The first kappa shape index (κ1) is 23.3. The highest BCUT2D eigenvalue weighted by Crippen LogP contribution is 2.37. The van der Waals surface area contributed by atoms with Gasteiger partial charge in [0.25, 0.3) is 5.91 Å². The van der Waals surface area contributed by atoms with Crippen LogP contribution in [0.2, 0.25) is 0 Å². The Hall–Kier alpha value is -1.88. The van der Waals surface area contributed by atoms with Crippen LogP contribution in [0.1, 0.15) is 63.9 Å². The van der Waals surface area contributed by atoms with Crippen molar-refractivity contribution in [1.29, 1.82) is 0 Å². The van der Waals surface area contributed by atoms with Gasteiger partial charge in [0, 0.05) is 30.7 Å². The highest BCUT2D eigenvalue weighted by atomic mass is 32.2. The van der Waals surface area contributed by atoms with Gasteiger partial charge < -0.3 is 19.6 Å². The molecule has 2 N–H and O–H groups in total. The SMILES string of the molecule is CCS(=O)(=O)N1CCC(n2ccc3cc(B4OC(C)(C)C(C)(C)O4)cc(C(N)=O)c32)CC1. The van der Waals surface area contributed by atoms with Crippen LogP contribution in [0.5, 0.6) is 0 Å². The number of sulfonamides is 1. The third-order valence-electron chi connectivity index (χ3n) is 7.20. The summed E-state index contributed by atoms with van der Waals surface area (Å²) in [6.07, 6.45) is 3.32. The summed E-state index contributed by atoms with van der Waals surface area (Å²) in [6.45, 7) is 10.6. The van der Waals surface area contributed by atoms with Crippen LogP contribution >= 0.6 is 0 Å². The molecule has 2 aliphatic heterocycles. The topological polar surface area (TPSA) is 104 Å². The number of aromatic nitrogens is 1. The second kappa shape index (κ2) is 7.86. The minimum absolute atomic E-state index is 0.0941. The van der Waals surface area contributed by atoms with Crippen LogP contribution in [0.3, 0.4) is 0 Å². The van der Waals surface area contributed by atoms with Gasteiger partial charge in [-0.2, -0.15) is 0 Å². The van der Waals surface area contributed by atoms with E-state index in [0.717, 1.165) is 16.4 Å². The number of hydrogen-bond donors (Lipinski definition) is 1. The standard InChI is InChI=1S/C22H32BN3O5S/c1-6-32(28,29)25-10-8-17(9-11-25)26-12-7-15-13-16(14-18(19(15)26)20(24)27)23-30-21(2,3)22(4,5)31-23/h7,12-14,17H,6,8-11H2,1-5H3,(H2,24,27). The molecule has 1 amide bonds. The maximum absolute atomic E-state index is 12.4. The highest BCUT2D eigenvalue weighted by Gasteiger charge is 2.52. The summed E-state index contributed by atoms with van der Waals surface area (Å²) >= 11 is 0. The van der Waals surface area contributed by atoms with E-state index in [-0.39, 0.29) is 11.8 Å². The van der Waals surface area contributed by atoms with Crippen LogP contribution < -0.4 is 11.2 Å². The molecule has 0 atom stereocenters. The van der Waals surface area contributed by atoms with Crippen molar-refractivity contribution in [2.75, 3.05) is 18.8 Å². The number of benzene rings is 1. The van der Waals surface area contributed by atoms with Crippen molar-refractivity contribution in [2.45, 2.75) is 64.7 Å². The highest BCUT2D eigenvalue weighted by molar-refractivity contribution is 7.89. The summed E-state index contributed by atoms with van der Waals surface area (Å²) in [4.78, 5) is 12.4. The van der Waals surface area contributed by atoms with Gasteiger partial charge in [0.1, 0.15) is 0 Å². The second-order valence-corrected chi connectivity index (χ2v) is 12.0. The summed E-state index contributed by atoms with van der Waals surface area (Å²) in [5.41, 5.74) is 6.76. The zero-order valence-electron chi connectivity index (χ0n) is 19.4. The molecule has 2 saturated heterocycles. The Morgan fingerprint density at radius 1 is 1.16 bits per heavy atom. The first-order valence-corrected chi connectivity index (χ1v) is 12.7. The quantitative estimate of drug-likeness (QED) is 0.687. The van der Waals surface area contributed by atoms with Gasteiger partial charge in [-0.3, -0.25) is 4.79 Å². The average Bonchev–Trinajstić information content (AvgIpc) is 3.24. The van der Waals surface area contributed by atoms with Crippen LogP contribution in [0.25, 0.3) is 10.9 Å². The third-order valence-corrected chi connectivity index (χ3v) is 9.08. The van der Waals surface area contributed by atoms with Gasteiger partial charge in [0.05, 0.1) is 28.0 Å². The van der Waals surface area contributed by atoms with E-state index in [1.165, 1.54) is 0 Å². The molecule has 0 aliphatic carbocycles. The van der Waals surface area contributed by atoms with Crippen LogP contribution in [0.15, 0.2) is 24.4 Å². The maximum Gasteiger partial charge on any atom is 0.494 e. The van der Waals surface area contributed by atoms with Crippen LogP contribution in [-0.4, -0.2) is 60.4 Å². The summed E-state index contributed by atoms with van der Waals surface area (Å²) < 4.78 is 40.3. The number of piperidine rings is 1. The van der Waals surface area contributed by atoms with E-state index in [0.29, 0.717) is 31.5 Å². The molecular formula is C22H32BN3O5S. The van der Waals surface area contributed by atoms with E-state index < -0.39 is 34.3 Å². The summed E-state index contributed by atoms with van der Waals surface area (Å²) in [7, 11) is -3.78. The minimum Gasteiger partial charge on any atom is -0.399 e. The Bertz CT molecular complexity index is 1130. The second-order valence-electron chi connectivity index (χ2n) is 9.71. The first-order chi connectivity index (χ1) is 14.9. The number of nitrogens with zero attached hydrogens (tertiary/aromatic N) is 2. The molecule has 32 heavy (non-hydrogen) atoms. The van der Waals surface area contributed by atoms with Crippen molar-refractivity contribution >= 4 is 39.4 Å². The Morgan fingerprint density at radius 3 is 2.28 bits per heavy atom. The lowest BCUT2D eigenvalue weighted by Gasteiger charge is -2.32. The molecule has 2 aromatic rings. The van der Waals surface area contributed by atoms with Crippen LogP contribution in [0, 0.1) is 0 Å². The van der Waals surface area contributed by atoms with Crippen molar-refractivity contribution in [3.05, 3.63) is 30.0 Å². The molecule has 0 spiro atoms. The molecule has 8 nitrogen and oxygen atoms in total. The Balaban J connectivity index is 1.67. The fraction of sp³-hybridized carbons (Fsp3) is 0.591.